The van der Waals surface area contributed by atoms with Crippen molar-refractivity contribution in [2.45, 2.75) is 25.8 Å². The first-order valence-corrected chi connectivity index (χ1v) is 7.00. The molecule has 1 fully saturated rings. The highest BCUT2D eigenvalue weighted by atomic mass is 32.2. The number of thioether (sulfide) groups is 1. The van der Waals surface area contributed by atoms with Crippen molar-refractivity contribution in [2.24, 2.45) is 11.7 Å². The molecule has 1 aliphatic heterocycles. The molecule has 0 aliphatic carbocycles. The van der Waals surface area contributed by atoms with Crippen LogP contribution in [0.4, 0.5) is 0 Å². The summed E-state index contributed by atoms with van der Waals surface area (Å²) in [5, 5.41) is 8.59. The molecular formula is C11H20N2O3S. The molecule has 0 aromatic carbocycles. The van der Waals surface area contributed by atoms with Gasteiger partial charge in [-0.15, -0.1) is 11.8 Å². The van der Waals surface area contributed by atoms with Crippen LogP contribution in [0, 0.1) is 5.92 Å². The second-order valence-corrected chi connectivity index (χ2v) is 5.55. The molecule has 98 valence electrons. The number of nitrogens with zero attached hydrogens (tertiary/aromatic N) is 1. The van der Waals surface area contributed by atoms with E-state index in [1.165, 1.54) is 11.8 Å². The molecule has 0 aromatic rings. The van der Waals surface area contributed by atoms with E-state index < -0.39 is 12.0 Å². The van der Waals surface area contributed by atoms with Crippen LogP contribution >= 0.6 is 11.8 Å². The molecular weight excluding hydrogens is 240 g/mol. The zero-order valence-electron chi connectivity index (χ0n) is 10.1. The van der Waals surface area contributed by atoms with E-state index in [2.05, 4.69) is 6.92 Å². The zero-order valence-corrected chi connectivity index (χ0v) is 10.9. The normalized spacial score (nSPS) is 19.1. The molecule has 0 aromatic heterocycles. The Hall–Kier alpha value is -0.750. The Labute approximate surface area is 106 Å². The van der Waals surface area contributed by atoms with Crippen LogP contribution in [0.2, 0.25) is 0 Å². The van der Waals surface area contributed by atoms with Gasteiger partial charge in [0.25, 0.3) is 0 Å². The third-order valence-corrected chi connectivity index (χ3v) is 4.02. The maximum Gasteiger partial charge on any atom is 0.321 e. The topological polar surface area (TPSA) is 83.6 Å². The molecule has 1 saturated heterocycles. The monoisotopic (exact) mass is 260 g/mol. The first-order chi connectivity index (χ1) is 8.00. The Morgan fingerprint density at radius 1 is 1.47 bits per heavy atom. The number of carboxylic acid groups (broad SMARTS) is 1. The number of carboxylic acids is 1. The van der Waals surface area contributed by atoms with Crippen LogP contribution < -0.4 is 5.73 Å². The molecule has 1 aliphatic rings. The third kappa shape index (κ3) is 4.95. The van der Waals surface area contributed by atoms with Crippen molar-refractivity contribution < 1.29 is 14.7 Å². The summed E-state index contributed by atoms with van der Waals surface area (Å²) in [6.07, 6.45) is 2.12. The van der Waals surface area contributed by atoms with Gasteiger partial charge in [0.15, 0.2) is 0 Å². The minimum Gasteiger partial charge on any atom is -0.480 e. The van der Waals surface area contributed by atoms with Gasteiger partial charge in [0, 0.05) is 18.8 Å². The van der Waals surface area contributed by atoms with E-state index in [-0.39, 0.29) is 11.7 Å². The van der Waals surface area contributed by atoms with Gasteiger partial charge in [0.2, 0.25) is 5.91 Å². The summed E-state index contributed by atoms with van der Waals surface area (Å²) in [4.78, 5) is 24.1. The van der Waals surface area contributed by atoms with Crippen molar-refractivity contribution in [2.75, 3.05) is 24.6 Å². The molecule has 6 heteroatoms. The number of piperidine rings is 1. The minimum atomic E-state index is -1.02. The van der Waals surface area contributed by atoms with E-state index >= 15 is 0 Å². The van der Waals surface area contributed by atoms with E-state index in [0.717, 1.165) is 25.9 Å². The van der Waals surface area contributed by atoms with E-state index in [1.807, 2.05) is 4.90 Å². The lowest BCUT2D eigenvalue weighted by Gasteiger charge is -2.30. The van der Waals surface area contributed by atoms with Gasteiger partial charge in [-0.2, -0.15) is 0 Å². The molecule has 0 bridgehead atoms. The van der Waals surface area contributed by atoms with Crippen LogP contribution in [0.3, 0.4) is 0 Å². The van der Waals surface area contributed by atoms with Gasteiger partial charge in [-0.05, 0) is 18.8 Å². The fourth-order valence-electron chi connectivity index (χ4n) is 1.69. The fourth-order valence-corrected chi connectivity index (χ4v) is 2.57. The van der Waals surface area contributed by atoms with Gasteiger partial charge in [-0.1, -0.05) is 6.92 Å². The van der Waals surface area contributed by atoms with Gasteiger partial charge in [0.05, 0.1) is 5.75 Å². The number of likely N-dealkylation sites (tertiary alicyclic amines) is 1. The Morgan fingerprint density at radius 3 is 2.59 bits per heavy atom. The minimum absolute atomic E-state index is 0.0967. The van der Waals surface area contributed by atoms with Crippen molar-refractivity contribution in [3.05, 3.63) is 0 Å². The molecule has 0 spiro atoms. The number of rotatable bonds is 5. The number of carbonyl (C=O) groups excluding carboxylic acids is 1. The molecule has 1 rings (SSSR count). The van der Waals surface area contributed by atoms with Crippen LogP contribution in [0.25, 0.3) is 0 Å². The molecule has 0 radical (unpaired) electrons. The van der Waals surface area contributed by atoms with Crippen molar-refractivity contribution in [3.63, 3.8) is 0 Å². The van der Waals surface area contributed by atoms with Gasteiger partial charge in [-0.3, -0.25) is 9.59 Å². The largest absolute Gasteiger partial charge is 0.480 e. The molecule has 1 amide bonds. The summed E-state index contributed by atoms with van der Waals surface area (Å²) in [7, 11) is 0. The maximum atomic E-state index is 11.8. The first kappa shape index (κ1) is 14.3. The summed E-state index contributed by atoms with van der Waals surface area (Å²) < 4.78 is 0. The predicted octanol–water partition coefficient (Wildman–Crippen LogP) is 0.390. The fraction of sp³-hybridized carbons (Fsp3) is 0.818. The van der Waals surface area contributed by atoms with Crippen molar-refractivity contribution >= 4 is 23.6 Å². The SMILES string of the molecule is CC1CCN(C(=O)CSC[C@H](N)C(=O)O)CC1. The maximum absolute atomic E-state index is 11.8. The van der Waals surface area contributed by atoms with Crippen LogP contribution in [-0.2, 0) is 9.59 Å². The van der Waals surface area contributed by atoms with Gasteiger partial charge in [-0.25, -0.2) is 0 Å². The number of nitrogens with two attached hydrogens (primary N) is 1. The van der Waals surface area contributed by atoms with E-state index in [1.54, 1.807) is 0 Å². The molecule has 0 saturated carbocycles. The van der Waals surface area contributed by atoms with Crippen molar-refractivity contribution in [1.29, 1.82) is 0 Å². The molecule has 17 heavy (non-hydrogen) atoms. The lowest BCUT2D eigenvalue weighted by Crippen LogP contribution is -2.39. The Kier molecular flexibility index (Phi) is 5.77. The lowest BCUT2D eigenvalue weighted by atomic mass is 9.99. The molecule has 1 heterocycles. The van der Waals surface area contributed by atoms with Crippen LogP contribution in [0.15, 0.2) is 0 Å². The third-order valence-electron chi connectivity index (χ3n) is 2.98. The highest BCUT2D eigenvalue weighted by Gasteiger charge is 2.20. The van der Waals surface area contributed by atoms with Gasteiger partial charge in [0.1, 0.15) is 6.04 Å². The van der Waals surface area contributed by atoms with Gasteiger partial charge < -0.3 is 15.7 Å². The summed E-state index contributed by atoms with van der Waals surface area (Å²) in [6, 6.07) is -0.880. The quantitative estimate of drug-likeness (QED) is 0.747. The molecule has 5 nitrogen and oxygen atoms in total. The average Bonchev–Trinajstić information content (AvgIpc) is 2.29. The second kappa shape index (κ2) is 6.86. The Morgan fingerprint density at radius 2 is 2.06 bits per heavy atom. The molecule has 1 atom stereocenters. The van der Waals surface area contributed by atoms with Gasteiger partial charge >= 0.3 is 5.97 Å². The second-order valence-electron chi connectivity index (χ2n) is 4.52. The number of hydrogen-bond acceptors (Lipinski definition) is 4. The van der Waals surface area contributed by atoms with Crippen LogP contribution in [-0.4, -0.2) is 52.5 Å². The summed E-state index contributed by atoms with van der Waals surface area (Å²) in [6.45, 7) is 3.85. The van der Waals surface area contributed by atoms with Crippen LogP contribution in [0.5, 0.6) is 0 Å². The summed E-state index contributed by atoms with van der Waals surface area (Å²) >= 11 is 1.30. The number of carbonyl (C=O) groups is 2. The highest BCUT2D eigenvalue weighted by Crippen LogP contribution is 2.17. The Balaban J connectivity index is 2.19. The Bertz CT molecular complexity index is 278. The summed E-state index contributed by atoms with van der Waals surface area (Å²) in [5.41, 5.74) is 5.35. The van der Waals surface area contributed by atoms with E-state index in [0.29, 0.717) is 11.7 Å². The zero-order chi connectivity index (χ0) is 12.8. The highest BCUT2D eigenvalue weighted by molar-refractivity contribution is 8.00. The average molecular weight is 260 g/mol. The smallest absolute Gasteiger partial charge is 0.321 e. The summed E-state index contributed by atoms with van der Waals surface area (Å²) in [5.74, 6) is 0.393. The predicted molar refractivity (Wildman–Crippen MR) is 67.9 cm³/mol. The van der Waals surface area contributed by atoms with Crippen molar-refractivity contribution in [3.8, 4) is 0 Å². The molecule has 3 N–H and O–H groups in total. The number of hydrogen-bond donors (Lipinski definition) is 2. The standard InChI is InChI=1S/C11H20N2O3S/c1-8-2-4-13(5-3-8)10(14)7-17-6-9(12)11(15)16/h8-9H,2-7,12H2,1H3,(H,15,16)/t9-/m0/s1. The number of aliphatic carboxylic acids is 1. The number of amides is 1. The van der Waals surface area contributed by atoms with Crippen molar-refractivity contribution in [1.82, 2.24) is 4.90 Å². The molecule has 0 unspecified atom stereocenters. The lowest BCUT2D eigenvalue weighted by molar-refractivity contribution is -0.138. The van der Waals surface area contributed by atoms with Crippen LogP contribution in [0.1, 0.15) is 19.8 Å². The first-order valence-electron chi connectivity index (χ1n) is 5.84. The van der Waals surface area contributed by atoms with E-state index in [9.17, 15) is 9.59 Å². The van der Waals surface area contributed by atoms with E-state index in [4.69, 9.17) is 10.8 Å².